The number of carbonyl (C=O) groups excluding carboxylic acids is 1. The maximum Gasteiger partial charge on any atom is 0.343 e. The first kappa shape index (κ1) is 16.3. The Bertz CT molecular complexity index is 726. The molecule has 2 rings (SSSR count). The van der Waals surface area contributed by atoms with Crippen molar-refractivity contribution in [3.05, 3.63) is 40.1 Å². The summed E-state index contributed by atoms with van der Waals surface area (Å²) in [6.07, 6.45) is 0.793. The first-order chi connectivity index (χ1) is 10.5. The molecule has 8 heteroatoms. The molecule has 6 nitrogen and oxygen atoms in total. The molecular weight excluding hydrogens is 307 g/mol. The molecule has 0 aliphatic rings. The number of aryl methyl sites for hydroxylation is 1. The average molecular weight is 324 g/mol. The lowest BCUT2D eigenvalue weighted by Crippen LogP contribution is -2.19. The van der Waals surface area contributed by atoms with Crippen LogP contribution in [0.25, 0.3) is 0 Å². The number of aromatic amines is 1. The van der Waals surface area contributed by atoms with Crippen molar-refractivity contribution in [3.8, 4) is 0 Å². The average Bonchev–Trinajstić information content (AvgIpc) is 2.82. The van der Waals surface area contributed by atoms with Gasteiger partial charge in [0.15, 0.2) is 5.16 Å². The summed E-state index contributed by atoms with van der Waals surface area (Å²) in [5, 5.41) is 9.39. The zero-order chi connectivity index (χ0) is 16.1. The van der Waals surface area contributed by atoms with E-state index in [0.29, 0.717) is 17.4 Å². The predicted molar refractivity (Wildman–Crippen MR) is 83.6 cm³/mol. The van der Waals surface area contributed by atoms with E-state index in [2.05, 4.69) is 15.5 Å². The second kappa shape index (κ2) is 7.26. The summed E-state index contributed by atoms with van der Waals surface area (Å²) in [6, 6.07) is 4.22. The van der Waals surface area contributed by atoms with E-state index < -0.39 is 5.82 Å². The molecule has 1 aromatic heterocycles. The van der Waals surface area contributed by atoms with Gasteiger partial charge in [0, 0.05) is 12.2 Å². The standard InChI is InChI=1S/C14H17FN4O2S/c1-3-6-19-13(21)17-18-14(19)22-8-12(20)16-11-7-10(15)5-4-9(11)2/h4-5,7H,3,6,8H2,1-2H3,(H,16,20)(H,17,21). The van der Waals surface area contributed by atoms with Gasteiger partial charge in [0.05, 0.1) is 5.75 Å². The van der Waals surface area contributed by atoms with Crippen LogP contribution in [0.4, 0.5) is 10.1 Å². The first-order valence-electron chi connectivity index (χ1n) is 6.85. The lowest BCUT2D eigenvalue weighted by atomic mass is 10.2. The van der Waals surface area contributed by atoms with E-state index in [1.165, 1.54) is 16.7 Å². The van der Waals surface area contributed by atoms with Gasteiger partial charge in [-0.3, -0.25) is 9.36 Å². The number of anilines is 1. The van der Waals surface area contributed by atoms with Gasteiger partial charge in [-0.15, -0.1) is 5.10 Å². The van der Waals surface area contributed by atoms with Crippen molar-refractivity contribution in [1.29, 1.82) is 0 Å². The Balaban J connectivity index is 1.98. The van der Waals surface area contributed by atoms with Gasteiger partial charge in [-0.25, -0.2) is 14.3 Å². The molecule has 2 aromatic rings. The smallest absolute Gasteiger partial charge is 0.325 e. The minimum Gasteiger partial charge on any atom is -0.325 e. The van der Waals surface area contributed by atoms with Crippen molar-refractivity contribution in [2.24, 2.45) is 0 Å². The maximum atomic E-state index is 13.2. The van der Waals surface area contributed by atoms with Crippen LogP contribution >= 0.6 is 11.8 Å². The molecule has 0 aliphatic heterocycles. The summed E-state index contributed by atoms with van der Waals surface area (Å²) < 4.78 is 14.7. The number of rotatable bonds is 6. The highest BCUT2D eigenvalue weighted by molar-refractivity contribution is 7.99. The highest BCUT2D eigenvalue weighted by atomic mass is 32.2. The van der Waals surface area contributed by atoms with Crippen molar-refractivity contribution < 1.29 is 9.18 Å². The van der Waals surface area contributed by atoms with E-state index in [4.69, 9.17) is 0 Å². The number of halogens is 1. The molecule has 2 N–H and O–H groups in total. The number of amides is 1. The summed E-state index contributed by atoms with van der Waals surface area (Å²) in [6.45, 7) is 4.28. The minimum absolute atomic E-state index is 0.0873. The molecule has 0 atom stereocenters. The van der Waals surface area contributed by atoms with Gasteiger partial charge in [0.1, 0.15) is 5.82 Å². The number of H-pyrrole nitrogens is 1. The molecule has 1 heterocycles. The number of nitrogens with zero attached hydrogens (tertiary/aromatic N) is 2. The molecule has 1 aromatic carbocycles. The van der Waals surface area contributed by atoms with Crippen LogP contribution in [-0.2, 0) is 11.3 Å². The normalized spacial score (nSPS) is 10.7. The van der Waals surface area contributed by atoms with Gasteiger partial charge in [-0.2, -0.15) is 0 Å². The Morgan fingerprint density at radius 3 is 3.00 bits per heavy atom. The summed E-state index contributed by atoms with van der Waals surface area (Å²) in [4.78, 5) is 23.5. The fourth-order valence-electron chi connectivity index (χ4n) is 1.88. The summed E-state index contributed by atoms with van der Waals surface area (Å²) in [5.41, 5.74) is 0.937. The van der Waals surface area contributed by atoms with E-state index in [9.17, 15) is 14.0 Å². The number of thioether (sulfide) groups is 1. The molecule has 0 fully saturated rings. The zero-order valence-corrected chi connectivity index (χ0v) is 13.2. The van der Waals surface area contributed by atoms with Crippen molar-refractivity contribution in [1.82, 2.24) is 14.8 Å². The van der Waals surface area contributed by atoms with Gasteiger partial charge < -0.3 is 5.32 Å². The third-order valence-corrected chi connectivity index (χ3v) is 3.95. The Labute approximate surface area is 131 Å². The second-order valence-electron chi connectivity index (χ2n) is 4.76. The van der Waals surface area contributed by atoms with E-state index in [1.54, 1.807) is 13.0 Å². The summed E-state index contributed by atoms with van der Waals surface area (Å²) in [5.74, 6) is -0.598. The fourth-order valence-corrected chi connectivity index (χ4v) is 2.65. The lowest BCUT2D eigenvalue weighted by molar-refractivity contribution is -0.113. The Morgan fingerprint density at radius 1 is 1.50 bits per heavy atom. The monoisotopic (exact) mass is 324 g/mol. The van der Waals surface area contributed by atoms with E-state index in [1.807, 2.05) is 6.92 Å². The number of aromatic nitrogens is 3. The van der Waals surface area contributed by atoms with Crippen molar-refractivity contribution in [2.75, 3.05) is 11.1 Å². The van der Waals surface area contributed by atoms with Crippen LogP contribution in [0.3, 0.4) is 0 Å². The zero-order valence-electron chi connectivity index (χ0n) is 12.4. The predicted octanol–water partition coefficient (Wildman–Crippen LogP) is 2.16. The first-order valence-corrected chi connectivity index (χ1v) is 7.83. The molecule has 0 radical (unpaired) electrons. The van der Waals surface area contributed by atoms with Crippen LogP contribution < -0.4 is 11.0 Å². The van der Waals surface area contributed by atoms with Gasteiger partial charge in [-0.1, -0.05) is 24.8 Å². The van der Waals surface area contributed by atoms with Crippen LogP contribution in [0.1, 0.15) is 18.9 Å². The molecule has 1 amide bonds. The molecule has 0 saturated carbocycles. The molecule has 0 bridgehead atoms. The van der Waals surface area contributed by atoms with E-state index in [-0.39, 0.29) is 17.3 Å². The highest BCUT2D eigenvalue weighted by Crippen LogP contribution is 2.18. The third kappa shape index (κ3) is 3.97. The maximum absolute atomic E-state index is 13.2. The lowest BCUT2D eigenvalue weighted by Gasteiger charge is -2.08. The number of nitrogens with one attached hydrogen (secondary N) is 2. The number of carbonyl (C=O) groups is 1. The van der Waals surface area contributed by atoms with E-state index >= 15 is 0 Å². The summed E-state index contributed by atoms with van der Waals surface area (Å²) >= 11 is 1.16. The van der Waals surface area contributed by atoms with Crippen LogP contribution in [0.2, 0.25) is 0 Å². The van der Waals surface area contributed by atoms with Crippen LogP contribution in [-0.4, -0.2) is 26.4 Å². The molecule has 118 valence electrons. The molecule has 0 saturated heterocycles. The van der Waals surface area contributed by atoms with Gasteiger partial charge in [0.2, 0.25) is 5.91 Å². The van der Waals surface area contributed by atoms with Gasteiger partial charge in [-0.05, 0) is 31.0 Å². The van der Waals surface area contributed by atoms with Crippen molar-refractivity contribution in [3.63, 3.8) is 0 Å². The fraction of sp³-hybridized carbons (Fsp3) is 0.357. The molecule has 0 aliphatic carbocycles. The largest absolute Gasteiger partial charge is 0.343 e. The number of benzene rings is 1. The highest BCUT2D eigenvalue weighted by Gasteiger charge is 2.11. The van der Waals surface area contributed by atoms with Crippen molar-refractivity contribution >= 4 is 23.4 Å². The van der Waals surface area contributed by atoms with Crippen LogP contribution in [0.5, 0.6) is 0 Å². The molecule has 0 unspecified atom stereocenters. The molecular formula is C14H17FN4O2S. The molecule has 0 spiro atoms. The quantitative estimate of drug-likeness (QED) is 0.798. The van der Waals surface area contributed by atoms with Crippen LogP contribution in [0, 0.1) is 12.7 Å². The van der Waals surface area contributed by atoms with E-state index in [0.717, 1.165) is 23.7 Å². The SMILES string of the molecule is CCCn1c(SCC(=O)Nc2cc(F)ccc2C)n[nH]c1=O. The van der Waals surface area contributed by atoms with Crippen LogP contribution in [0.15, 0.2) is 28.2 Å². The van der Waals surface area contributed by atoms with Gasteiger partial charge in [0.25, 0.3) is 0 Å². The number of hydrogen-bond acceptors (Lipinski definition) is 4. The van der Waals surface area contributed by atoms with Gasteiger partial charge >= 0.3 is 5.69 Å². The Morgan fingerprint density at radius 2 is 2.27 bits per heavy atom. The molecule has 22 heavy (non-hydrogen) atoms. The summed E-state index contributed by atoms with van der Waals surface area (Å²) in [7, 11) is 0. The van der Waals surface area contributed by atoms with Crippen molar-refractivity contribution in [2.45, 2.75) is 32.0 Å². The minimum atomic E-state index is -0.405. The Hall–Kier alpha value is -2.09. The number of hydrogen-bond donors (Lipinski definition) is 2. The Kier molecular flexibility index (Phi) is 5.37. The third-order valence-electron chi connectivity index (χ3n) is 2.98. The topological polar surface area (TPSA) is 79.8 Å². The second-order valence-corrected chi connectivity index (χ2v) is 5.70.